The summed E-state index contributed by atoms with van der Waals surface area (Å²) in [5.74, 6) is 1.01. The first-order chi connectivity index (χ1) is 13.6. The summed E-state index contributed by atoms with van der Waals surface area (Å²) < 4.78 is 11.1. The Morgan fingerprint density at radius 3 is 2.11 bits per heavy atom. The van der Waals surface area contributed by atoms with Crippen LogP contribution in [-0.2, 0) is 4.74 Å². The number of ether oxygens (including phenoxy) is 2. The second-order valence-electron chi connectivity index (χ2n) is 6.17. The second-order valence-corrected chi connectivity index (χ2v) is 6.17. The van der Waals surface area contributed by atoms with E-state index in [0.29, 0.717) is 31.5 Å². The third-order valence-electron chi connectivity index (χ3n) is 3.33. The number of hydrogen-bond acceptors (Lipinski definition) is 6. The quantitative estimate of drug-likeness (QED) is 0.459. The van der Waals surface area contributed by atoms with E-state index in [4.69, 9.17) is 20.3 Å². The minimum absolute atomic E-state index is 0.210. The van der Waals surface area contributed by atoms with Crippen molar-refractivity contribution >= 4 is 11.5 Å². The van der Waals surface area contributed by atoms with E-state index in [9.17, 15) is 0 Å². The Hall–Kier alpha value is -1.53. The molecule has 1 rings (SSSR count). The standard InChI is InChI=1S/C17H31N3O3.C3H8.C2H6/c1-3-7-20(8-4-2)15-13-16(18)19-17(14-15)23-12-11-22-10-6-5-9-21;1-3-2;1-2/h13-14,21H,3-12H2,1-2H3,(H2,18,19);3H2,1-2H3;1-2H3. The van der Waals surface area contributed by atoms with Gasteiger partial charge in [-0.1, -0.05) is 48.0 Å². The minimum Gasteiger partial charge on any atom is -0.475 e. The highest BCUT2D eigenvalue weighted by Crippen LogP contribution is 2.23. The van der Waals surface area contributed by atoms with Gasteiger partial charge in [0, 0.05) is 44.1 Å². The monoisotopic (exact) mass is 399 g/mol. The Labute approximate surface area is 173 Å². The van der Waals surface area contributed by atoms with Crippen molar-refractivity contribution in [1.29, 1.82) is 0 Å². The smallest absolute Gasteiger partial charge is 0.217 e. The fraction of sp³-hybridized carbons (Fsp3) is 0.773. The van der Waals surface area contributed by atoms with E-state index in [-0.39, 0.29) is 6.61 Å². The van der Waals surface area contributed by atoms with Crippen molar-refractivity contribution in [2.24, 2.45) is 0 Å². The highest BCUT2D eigenvalue weighted by molar-refractivity contribution is 5.55. The second kappa shape index (κ2) is 21.8. The molecule has 1 aromatic heterocycles. The van der Waals surface area contributed by atoms with Gasteiger partial charge in [0.25, 0.3) is 0 Å². The number of aromatic nitrogens is 1. The summed E-state index contributed by atoms with van der Waals surface area (Å²) in [4.78, 5) is 6.53. The fourth-order valence-corrected chi connectivity index (χ4v) is 2.30. The number of unbranched alkanes of at least 4 members (excludes halogenated alkanes) is 1. The topological polar surface area (TPSA) is 80.8 Å². The summed E-state index contributed by atoms with van der Waals surface area (Å²) in [6.45, 7) is 16.4. The molecule has 0 aromatic carbocycles. The van der Waals surface area contributed by atoms with Gasteiger partial charge >= 0.3 is 0 Å². The van der Waals surface area contributed by atoms with Crippen molar-refractivity contribution in [1.82, 2.24) is 4.98 Å². The van der Waals surface area contributed by atoms with E-state index in [1.54, 1.807) is 0 Å². The summed E-state index contributed by atoms with van der Waals surface area (Å²) >= 11 is 0. The molecule has 0 aliphatic carbocycles. The van der Waals surface area contributed by atoms with Crippen molar-refractivity contribution in [2.45, 2.75) is 73.6 Å². The maximum atomic E-state index is 8.69. The third kappa shape index (κ3) is 15.5. The Balaban J connectivity index is 0. The largest absolute Gasteiger partial charge is 0.475 e. The van der Waals surface area contributed by atoms with Crippen molar-refractivity contribution in [2.75, 3.05) is 50.2 Å². The van der Waals surface area contributed by atoms with Crippen LogP contribution in [0.2, 0.25) is 0 Å². The van der Waals surface area contributed by atoms with E-state index < -0.39 is 0 Å². The fourth-order valence-electron chi connectivity index (χ4n) is 2.30. The highest BCUT2D eigenvalue weighted by Gasteiger charge is 2.08. The Kier molecular flexibility index (Phi) is 22.3. The number of aliphatic hydroxyl groups excluding tert-OH is 1. The average Bonchev–Trinajstić information content (AvgIpc) is 2.69. The van der Waals surface area contributed by atoms with E-state index in [0.717, 1.165) is 44.5 Å². The zero-order valence-corrected chi connectivity index (χ0v) is 19.2. The number of pyridine rings is 1. The van der Waals surface area contributed by atoms with Gasteiger partial charge < -0.3 is 25.2 Å². The normalized spacial score (nSPS) is 9.68. The predicted octanol–water partition coefficient (Wildman–Crippen LogP) is 4.90. The van der Waals surface area contributed by atoms with Crippen LogP contribution in [0.1, 0.15) is 73.6 Å². The summed E-state index contributed by atoms with van der Waals surface area (Å²) in [6, 6.07) is 3.83. The van der Waals surface area contributed by atoms with Gasteiger partial charge in [-0.3, -0.25) is 0 Å². The average molecular weight is 400 g/mol. The Morgan fingerprint density at radius 2 is 1.57 bits per heavy atom. The van der Waals surface area contributed by atoms with Crippen LogP contribution in [0.25, 0.3) is 0 Å². The highest BCUT2D eigenvalue weighted by atomic mass is 16.5. The van der Waals surface area contributed by atoms with Crippen LogP contribution >= 0.6 is 0 Å². The number of aliphatic hydroxyl groups is 1. The van der Waals surface area contributed by atoms with Crippen LogP contribution in [-0.4, -0.2) is 49.6 Å². The maximum Gasteiger partial charge on any atom is 0.217 e. The van der Waals surface area contributed by atoms with E-state index in [1.165, 1.54) is 6.42 Å². The first-order valence-corrected chi connectivity index (χ1v) is 11.0. The van der Waals surface area contributed by atoms with E-state index in [2.05, 4.69) is 37.6 Å². The lowest BCUT2D eigenvalue weighted by atomic mass is 10.3. The Bertz CT molecular complexity index is 439. The molecule has 0 aliphatic rings. The number of rotatable bonds is 13. The van der Waals surface area contributed by atoms with Gasteiger partial charge in [-0.05, 0) is 25.7 Å². The summed E-state index contributed by atoms with van der Waals surface area (Å²) in [6.07, 6.45) is 5.05. The van der Waals surface area contributed by atoms with Gasteiger partial charge in [0.15, 0.2) is 0 Å². The molecule has 0 fully saturated rings. The molecular formula is C22H45N3O3. The third-order valence-corrected chi connectivity index (χ3v) is 3.33. The van der Waals surface area contributed by atoms with Crippen LogP contribution in [0.15, 0.2) is 12.1 Å². The molecule has 6 nitrogen and oxygen atoms in total. The first kappa shape index (κ1) is 28.7. The molecule has 0 saturated heterocycles. The lowest BCUT2D eigenvalue weighted by Crippen LogP contribution is -2.25. The molecule has 0 spiro atoms. The lowest BCUT2D eigenvalue weighted by Gasteiger charge is -2.24. The van der Waals surface area contributed by atoms with Gasteiger partial charge in [-0.15, -0.1) is 0 Å². The number of hydrogen-bond donors (Lipinski definition) is 2. The summed E-state index contributed by atoms with van der Waals surface area (Å²) in [7, 11) is 0. The molecular weight excluding hydrogens is 354 g/mol. The molecule has 0 saturated carbocycles. The number of nitrogens with zero attached hydrogens (tertiary/aromatic N) is 2. The lowest BCUT2D eigenvalue weighted by molar-refractivity contribution is 0.0930. The van der Waals surface area contributed by atoms with Crippen LogP contribution in [0.3, 0.4) is 0 Å². The molecule has 0 amide bonds. The Morgan fingerprint density at radius 1 is 0.964 bits per heavy atom. The molecule has 1 heterocycles. The number of nitrogen functional groups attached to an aromatic ring is 1. The van der Waals surface area contributed by atoms with Gasteiger partial charge in [-0.2, -0.15) is 4.98 Å². The molecule has 1 aromatic rings. The molecule has 0 aliphatic heterocycles. The molecule has 0 radical (unpaired) electrons. The van der Waals surface area contributed by atoms with Crippen molar-refractivity contribution in [3.05, 3.63) is 12.1 Å². The number of anilines is 2. The summed E-state index contributed by atoms with van der Waals surface area (Å²) in [5.41, 5.74) is 6.96. The van der Waals surface area contributed by atoms with Gasteiger partial charge in [0.2, 0.25) is 5.88 Å². The molecule has 3 N–H and O–H groups in total. The molecule has 28 heavy (non-hydrogen) atoms. The van der Waals surface area contributed by atoms with Crippen molar-refractivity contribution in [3.8, 4) is 5.88 Å². The zero-order chi connectivity index (χ0) is 21.6. The van der Waals surface area contributed by atoms with Crippen LogP contribution in [0, 0.1) is 0 Å². The van der Waals surface area contributed by atoms with Crippen LogP contribution in [0.5, 0.6) is 5.88 Å². The SMILES string of the molecule is CC.CCC.CCCN(CCC)c1cc(N)nc(OCCOCCCCO)c1. The predicted molar refractivity (Wildman–Crippen MR) is 121 cm³/mol. The van der Waals surface area contributed by atoms with E-state index >= 15 is 0 Å². The first-order valence-electron chi connectivity index (χ1n) is 11.0. The van der Waals surface area contributed by atoms with Crippen LogP contribution in [0.4, 0.5) is 11.5 Å². The van der Waals surface area contributed by atoms with Crippen molar-refractivity contribution < 1.29 is 14.6 Å². The molecule has 0 bridgehead atoms. The zero-order valence-electron chi connectivity index (χ0n) is 19.2. The minimum atomic E-state index is 0.210. The maximum absolute atomic E-state index is 8.69. The van der Waals surface area contributed by atoms with Gasteiger partial charge in [0.1, 0.15) is 12.4 Å². The summed E-state index contributed by atoms with van der Waals surface area (Å²) in [5, 5.41) is 8.69. The van der Waals surface area contributed by atoms with E-state index in [1.807, 2.05) is 26.0 Å². The number of nitrogens with two attached hydrogens (primary N) is 1. The molecule has 6 heteroatoms. The van der Waals surface area contributed by atoms with Crippen LogP contribution < -0.4 is 15.4 Å². The molecule has 0 unspecified atom stereocenters. The van der Waals surface area contributed by atoms with Gasteiger partial charge in [0.05, 0.1) is 6.61 Å². The van der Waals surface area contributed by atoms with Gasteiger partial charge in [-0.25, -0.2) is 0 Å². The van der Waals surface area contributed by atoms with Crippen molar-refractivity contribution in [3.63, 3.8) is 0 Å². The molecule has 166 valence electrons. The molecule has 0 atom stereocenters.